The molecule has 2 aromatic heterocycles. The monoisotopic (exact) mass is 234 g/mol. The van der Waals surface area contributed by atoms with E-state index in [-0.39, 0.29) is 0 Å². The van der Waals surface area contributed by atoms with Crippen LogP contribution in [0.2, 0.25) is 0 Å². The Morgan fingerprint density at radius 1 is 1.12 bits per heavy atom. The van der Waals surface area contributed by atoms with Gasteiger partial charge in [0.2, 0.25) is 0 Å². The third-order valence-corrected chi connectivity index (χ3v) is 1.91. The van der Waals surface area contributed by atoms with Crippen LogP contribution in [0.5, 0.6) is 0 Å². The van der Waals surface area contributed by atoms with Crippen LogP contribution >= 0.6 is 0 Å². The third-order valence-electron chi connectivity index (χ3n) is 1.91. The average Bonchev–Trinajstić information content (AvgIpc) is 2.82. The van der Waals surface area contributed by atoms with E-state index >= 15 is 0 Å². The number of nitrogens with one attached hydrogen (secondary N) is 1. The Morgan fingerprint density at radius 3 is 2.18 bits per heavy atom. The van der Waals surface area contributed by atoms with Gasteiger partial charge in [0.15, 0.2) is 0 Å². The van der Waals surface area contributed by atoms with Crippen LogP contribution < -0.4 is 5.73 Å². The Labute approximate surface area is 103 Å². The van der Waals surface area contributed by atoms with Gasteiger partial charge < -0.3 is 5.73 Å². The molecule has 0 aromatic carbocycles. The summed E-state index contributed by atoms with van der Waals surface area (Å²) in [7, 11) is 1.50. The number of pyridine rings is 1. The molecule has 17 heavy (non-hydrogen) atoms. The predicted octanol–water partition coefficient (Wildman–Crippen LogP) is 2.69. The maximum absolute atomic E-state index is 4.50. The summed E-state index contributed by atoms with van der Waals surface area (Å²) in [4.78, 5) is 4.21. The van der Waals surface area contributed by atoms with Crippen LogP contribution in [0.25, 0.3) is 11.3 Å². The molecule has 0 radical (unpaired) electrons. The largest absolute Gasteiger partial charge is 0.333 e. The number of nitrogens with two attached hydrogens (primary N) is 1. The molecule has 2 rings (SSSR count). The summed E-state index contributed by atoms with van der Waals surface area (Å²) in [6.45, 7) is 7.96. The van der Waals surface area contributed by atoms with E-state index in [0.717, 1.165) is 22.6 Å². The molecule has 4 nitrogen and oxygen atoms in total. The summed E-state index contributed by atoms with van der Waals surface area (Å²) in [6, 6.07) is 6.02. The summed E-state index contributed by atoms with van der Waals surface area (Å²) < 4.78 is 0. The number of hydrogen-bond donors (Lipinski definition) is 2. The smallest absolute Gasteiger partial charge is 0.0938 e. The van der Waals surface area contributed by atoms with Gasteiger partial charge in [0, 0.05) is 23.1 Å². The fourth-order valence-corrected chi connectivity index (χ4v) is 1.19. The quantitative estimate of drug-likeness (QED) is 0.797. The Hall–Kier alpha value is -1.68. The van der Waals surface area contributed by atoms with Crippen molar-refractivity contribution in [1.29, 1.82) is 0 Å². The first-order chi connectivity index (χ1) is 8.25. The van der Waals surface area contributed by atoms with Crippen molar-refractivity contribution in [2.24, 2.45) is 5.73 Å². The summed E-state index contributed by atoms with van der Waals surface area (Å²) in [5.41, 5.74) is 8.59. The highest BCUT2D eigenvalue weighted by Gasteiger charge is 2.00. The normalized spacial score (nSPS) is 8.59. The molecule has 0 amide bonds. The van der Waals surface area contributed by atoms with E-state index in [2.05, 4.69) is 20.9 Å². The number of aryl methyl sites for hydroxylation is 2. The molecule has 3 N–H and O–H groups in total. The molecular formula is C13H22N4. The second-order valence-corrected chi connectivity index (χ2v) is 3.12. The lowest BCUT2D eigenvalue weighted by Crippen LogP contribution is -1.82. The van der Waals surface area contributed by atoms with Crippen molar-refractivity contribution >= 4 is 0 Å². The Morgan fingerprint density at radius 2 is 1.76 bits per heavy atom. The van der Waals surface area contributed by atoms with Crippen molar-refractivity contribution in [3.8, 4) is 11.3 Å². The van der Waals surface area contributed by atoms with Gasteiger partial charge in [-0.25, -0.2) is 0 Å². The Balaban J connectivity index is 0.000000581. The van der Waals surface area contributed by atoms with Crippen molar-refractivity contribution < 1.29 is 0 Å². The second kappa shape index (κ2) is 8.47. The molecule has 0 fully saturated rings. The zero-order valence-corrected chi connectivity index (χ0v) is 11.3. The lowest BCUT2D eigenvalue weighted by molar-refractivity contribution is 1.05. The lowest BCUT2D eigenvalue weighted by atomic mass is 10.2. The van der Waals surface area contributed by atoms with Crippen LogP contribution in [0.1, 0.15) is 25.2 Å². The van der Waals surface area contributed by atoms with Crippen molar-refractivity contribution in [3.05, 3.63) is 35.8 Å². The van der Waals surface area contributed by atoms with Gasteiger partial charge in [0.05, 0.1) is 5.69 Å². The average molecular weight is 234 g/mol. The molecule has 2 heterocycles. The van der Waals surface area contributed by atoms with Crippen molar-refractivity contribution in [2.75, 3.05) is 7.05 Å². The minimum atomic E-state index is 0.949. The van der Waals surface area contributed by atoms with Crippen molar-refractivity contribution in [2.45, 2.75) is 27.7 Å². The molecule has 0 unspecified atom stereocenters. The molecule has 0 spiro atoms. The maximum atomic E-state index is 4.50. The number of hydrogen-bond acceptors (Lipinski definition) is 3. The fourth-order valence-electron chi connectivity index (χ4n) is 1.19. The van der Waals surface area contributed by atoms with E-state index in [1.165, 1.54) is 7.05 Å². The number of rotatable bonds is 1. The molecule has 0 atom stereocenters. The number of nitrogens with zero attached hydrogens (tertiary/aromatic N) is 2. The van der Waals surface area contributed by atoms with Gasteiger partial charge in [0.25, 0.3) is 0 Å². The Kier molecular flexibility index (Phi) is 7.63. The third kappa shape index (κ3) is 4.78. The molecule has 0 saturated heterocycles. The zero-order chi connectivity index (χ0) is 13.3. The summed E-state index contributed by atoms with van der Waals surface area (Å²) in [5.74, 6) is 0. The SMILES string of the molecule is CC.CN.Cc1ccc(-c2cc(C)[nH]n2)cn1. The number of aromatic nitrogens is 3. The molecule has 0 saturated carbocycles. The highest BCUT2D eigenvalue weighted by atomic mass is 15.1. The molecule has 0 aliphatic rings. The van der Waals surface area contributed by atoms with Crippen LogP contribution in [0.3, 0.4) is 0 Å². The molecule has 0 aliphatic heterocycles. The van der Waals surface area contributed by atoms with Gasteiger partial charge in [-0.1, -0.05) is 13.8 Å². The maximum Gasteiger partial charge on any atom is 0.0938 e. The fraction of sp³-hybridized carbons (Fsp3) is 0.385. The molecule has 0 bridgehead atoms. The van der Waals surface area contributed by atoms with Gasteiger partial charge in [-0.05, 0) is 39.1 Å². The van der Waals surface area contributed by atoms with Crippen LogP contribution in [0, 0.1) is 13.8 Å². The first-order valence-electron chi connectivity index (χ1n) is 5.78. The van der Waals surface area contributed by atoms with Gasteiger partial charge >= 0.3 is 0 Å². The van der Waals surface area contributed by atoms with E-state index < -0.39 is 0 Å². The van der Waals surface area contributed by atoms with E-state index in [1.54, 1.807) is 0 Å². The number of aromatic amines is 1. The van der Waals surface area contributed by atoms with Gasteiger partial charge in [-0.2, -0.15) is 5.10 Å². The molecule has 2 aromatic rings. The summed E-state index contributed by atoms with van der Waals surface area (Å²) >= 11 is 0. The van der Waals surface area contributed by atoms with Gasteiger partial charge in [-0.15, -0.1) is 0 Å². The summed E-state index contributed by atoms with van der Waals surface area (Å²) in [6.07, 6.45) is 1.84. The van der Waals surface area contributed by atoms with Crippen LogP contribution in [0.15, 0.2) is 24.4 Å². The first-order valence-corrected chi connectivity index (χ1v) is 5.78. The highest BCUT2D eigenvalue weighted by molar-refractivity contribution is 5.57. The standard InChI is InChI=1S/C10H11N3.C2H6.CH5N/c1-7-3-4-9(6-11-7)10-5-8(2)12-13-10;2*1-2/h3-6H,1-2H3,(H,12,13);1-2H3;2H2,1H3. The minimum absolute atomic E-state index is 0.949. The van der Waals surface area contributed by atoms with E-state index in [1.807, 2.05) is 52.1 Å². The Bertz CT molecular complexity index is 404. The number of H-pyrrole nitrogens is 1. The highest BCUT2D eigenvalue weighted by Crippen LogP contribution is 2.15. The summed E-state index contributed by atoms with van der Waals surface area (Å²) in [5, 5.41) is 7.05. The van der Waals surface area contributed by atoms with Crippen LogP contribution in [-0.2, 0) is 0 Å². The van der Waals surface area contributed by atoms with E-state index in [0.29, 0.717) is 0 Å². The zero-order valence-electron chi connectivity index (χ0n) is 11.3. The van der Waals surface area contributed by atoms with Crippen molar-refractivity contribution in [3.63, 3.8) is 0 Å². The van der Waals surface area contributed by atoms with E-state index in [9.17, 15) is 0 Å². The van der Waals surface area contributed by atoms with Crippen LogP contribution in [0.4, 0.5) is 0 Å². The molecule has 0 aliphatic carbocycles. The van der Waals surface area contributed by atoms with E-state index in [4.69, 9.17) is 0 Å². The van der Waals surface area contributed by atoms with Gasteiger partial charge in [0.1, 0.15) is 0 Å². The van der Waals surface area contributed by atoms with Gasteiger partial charge in [-0.3, -0.25) is 10.1 Å². The topological polar surface area (TPSA) is 67.6 Å². The molecule has 94 valence electrons. The second-order valence-electron chi connectivity index (χ2n) is 3.12. The minimum Gasteiger partial charge on any atom is -0.333 e. The molecular weight excluding hydrogens is 212 g/mol. The lowest BCUT2D eigenvalue weighted by Gasteiger charge is -1.95. The van der Waals surface area contributed by atoms with Crippen LogP contribution in [-0.4, -0.2) is 22.2 Å². The molecule has 4 heteroatoms. The first kappa shape index (κ1) is 15.3. The van der Waals surface area contributed by atoms with Crippen molar-refractivity contribution in [1.82, 2.24) is 15.2 Å². The predicted molar refractivity (Wildman–Crippen MR) is 72.8 cm³/mol.